The zero-order chi connectivity index (χ0) is 24.3. The summed E-state index contributed by atoms with van der Waals surface area (Å²) in [6.45, 7) is 4.60. The van der Waals surface area contributed by atoms with Crippen LogP contribution in [0, 0.1) is 0 Å². The van der Waals surface area contributed by atoms with E-state index in [1.54, 1.807) is 43.7 Å². The van der Waals surface area contributed by atoms with Gasteiger partial charge in [0.1, 0.15) is 23.5 Å². The summed E-state index contributed by atoms with van der Waals surface area (Å²) in [5.41, 5.74) is 1.11. The van der Waals surface area contributed by atoms with Gasteiger partial charge in [0.2, 0.25) is 0 Å². The van der Waals surface area contributed by atoms with Gasteiger partial charge in [0.15, 0.2) is 9.84 Å². The number of halogens is 1. The molecule has 0 saturated carbocycles. The maximum atomic E-state index is 12.6. The molecule has 0 bridgehead atoms. The average molecular weight is 504 g/mol. The van der Waals surface area contributed by atoms with Crippen LogP contribution < -0.4 is 15.2 Å². The highest BCUT2D eigenvalue weighted by Crippen LogP contribution is 2.18. The van der Waals surface area contributed by atoms with Crippen molar-refractivity contribution in [3.63, 3.8) is 0 Å². The number of sulfone groups is 1. The van der Waals surface area contributed by atoms with E-state index in [4.69, 9.17) is 16.3 Å². The van der Waals surface area contributed by atoms with E-state index in [-0.39, 0.29) is 12.2 Å². The highest BCUT2D eigenvalue weighted by molar-refractivity contribution is 7.91. The van der Waals surface area contributed by atoms with Gasteiger partial charge >= 0.3 is 0 Å². The number of aromatic nitrogens is 3. The predicted octanol–water partition coefficient (Wildman–Crippen LogP) is 2.37. The van der Waals surface area contributed by atoms with Crippen LogP contribution in [0.25, 0.3) is 5.69 Å². The minimum Gasteiger partial charge on any atom is -0.487 e. The normalized spacial score (nSPS) is 15.8. The van der Waals surface area contributed by atoms with Crippen LogP contribution in [0.2, 0.25) is 5.02 Å². The quantitative estimate of drug-likeness (QED) is 0.484. The van der Waals surface area contributed by atoms with Gasteiger partial charge in [-0.25, -0.2) is 13.4 Å². The van der Waals surface area contributed by atoms with Crippen LogP contribution in [0.15, 0.2) is 59.8 Å². The summed E-state index contributed by atoms with van der Waals surface area (Å²) in [6, 6.07) is 10.3. The number of pyridine rings is 3. The zero-order valence-corrected chi connectivity index (χ0v) is 20.5. The van der Waals surface area contributed by atoms with Crippen LogP contribution >= 0.6 is 11.6 Å². The third kappa shape index (κ3) is 5.75. The van der Waals surface area contributed by atoms with Gasteiger partial charge in [0, 0.05) is 50.9 Å². The van der Waals surface area contributed by atoms with Crippen molar-refractivity contribution in [1.82, 2.24) is 19.4 Å². The van der Waals surface area contributed by atoms with Crippen LogP contribution in [-0.2, 0) is 16.4 Å². The molecule has 11 heteroatoms. The molecular weight excluding hydrogens is 478 g/mol. The lowest BCUT2D eigenvalue weighted by Crippen LogP contribution is -2.51. The fourth-order valence-electron chi connectivity index (χ4n) is 3.71. The Morgan fingerprint density at radius 3 is 2.41 bits per heavy atom. The highest BCUT2D eigenvalue weighted by Gasteiger charge is 2.27. The van der Waals surface area contributed by atoms with Gasteiger partial charge in [-0.15, -0.1) is 0 Å². The van der Waals surface area contributed by atoms with Gasteiger partial charge in [0.05, 0.1) is 22.6 Å². The summed E-state index contributed by atoms with van der Waals surface area (Å²) < 4.78 is 30.8. The molecule has 4 heterocycles. The summed E-state index contributed by atoms with van der Waals surface area (Å²) in [4.78, 5) is 25.4. The van der Waals surface area contributed by atoms with Gasteiger partial charge in [-0.2, -0.15) is 0 Å². The molecule has 0 spiro atoms. The van der Waals surface area contributed by atoms with Crippen LogP contribution in [0.1, 0.15) is 12.6 Å². The maximum Gasteiger partial charge on any atom is 0.258 e. The number of hydrogen-bond donors (Lipinski definition) is 0. The Bertz CT molecular complexity index is 1290. The van der Waals surface area contributed by atoms with Crippen LogP contribution in [-0.4, -0.2) is 65.7 Å². The number of anilines is 1. The van der Waals surface area contributed by atoms with Crippen molar-refractivity contribution in [2.24, 2.45) is 0 Å². The van der Waals surface area contributed by atoms with Crippen molar-refractivity contribution in [2.75, 3.05) is 37.3 Å². The van der Waals surface area contributed by atoms with E-state index in [9.17, 15) is 13.2 Å². The molecular formula is C23H26ClN5O4S. The van der Waals surface area contributed by atoms with Crippen molar-refractivity contribution >= 4 is 27.3 Å². The van der Waals surface area contributed by atoms with Gasteiger partial charge in [-0.3, -0.25) is 19.2 Å². The fraction of sp³-hybridized carbons (Fsp3) is 0.348. The molecule has 3 aromatic rings. The van der Waals surface area contributed by atoms with Gasteiger partial charge in [-0.05, 0) is 37.3 Å². The summed E-state index contributed by atoms with van der Waals surface area (Å²) in [6.07, 6.45) is 6.11. The van der Waals surface area contributed by atoms with Crippen molar-refractivity contribution in [3.8, 4) is 11.4 Å². The topological polar surface area (TPSA) is 97.6 Å². The van der Waals surface area contributed by atoms with E-state index in [0.29, 0.717) is 48.3 Å². The van der Waals surface area contributed by atoms with E-state index < -0.39 is 15.2 Å². The first-order valence-electron chi connectivity index (χ1n) is 10.8. The predicted molar refractivity (Wildman–Crippen MR) is 132 cm³/mol. The molecule has 4 rings (SSSR count). The van der Waals surface area contributed by atoms with Crippen LogP contribution in [0.3, 0.4) is 0 Å². The first-order valence-corrected chi connectivity index (χ1v) is 13.1. The minimum atomic E-state index is -3.11. The first-order chi connectivity index (χ1) is 16.2. The van der Waals surface area contributed by atoms with Crippen LogP contribution in [0.4, 0.5) is 5.82 Å². The third-order valence-electron chi connectivity index (χ3n) is 5.85. The molecule has 9 nitrogen and oxygen atoms in total. The molecule has 1 unspecified atom stereocenters. The Hall–Kier alpha value is -2.95. The molecule has 1 fully saturated rings. The number of ether oxygens (including phenoxy) is 1. The minimum absolute atomic E-state index is 0.229. The SMILES string of the molecule is CC(N1CCN(c2ccc(-n3ccc(OCc4ccc(Cl)cn4)cc3=O)cn2)CC1)S(C)(=O)=O. The zero-order valence-electron chi connectivity index (χ0n) is 19.0. The van der Waals surface area contributed by atoms with E-state index in [1.165, 1.54) is 16.9 Å². The summed E-state index contributed by atoms with van der Waals surface area (Å²) in [5.74, 6) is 1.24. The van der Waals surface area contributed by atoms with Crippen molar-refractivity contribution in [2.45, 2.75) is 18.9 Å². The largest absolute Gasteiger partial charge is 0.487 e. The Balaban J connectivity index is 1.38. The van der Waals surface area contributed by atoms with Gasteiger partial charge in [-0.1, -0.05) is 11.6 Å². The second-order valence-electron chi connectivity index (χ2n) is 8.15. The van der Waals surface area contributed by atoms with Gasteiger partial charge in [0.25, 0.3) is 5.56 Å². The number of nitrogens with zero attached hydrogens (tertiary/aromatic N) is 5. The molecule has 1 aliphatic rings. The molecule has 180 valence electrons. The molecule has 1 atom stereocenters. The Kier molecular flexibility index (Phi) is 7.20. The molecule has 1 saturated heterocycles. The van der Waals surface area contributed by atoms with Crippen molar-refractivity contribution in [3.05, 3.63) is 76.1 Å². The molecule has 34 heavy (non-hydrogen) atoms. The lowest BCUT2D eigenvalue weighted by Gasteiger charge is -2.37. The molecule has 0 radical (unpaired) electrons. The van der Waals surface area contributed by atoms with Crippen molar-refractivity contribution < 1.29 is 13.2 Å². The maximum absolute atomic E-state index is 12.6. The lowest BCUT2D eigenvalue weighted by molar-refractivity contribution is 0.243. The smallest absolute Gasteiger partial charge is 0.258 e. The summed E-state index contributed by atoms with van der Waals surface area (Å²) >= 11 is 5.83. The van der Waals surface area contributed by atoms with Crippen molar-refractivity contribution in [1.29, 1.82) is 0 Å². The second kappa shape index (κ2) is 10.1. The molecule has 0 aromatic carbocycles. The highest BCUT2D eigenvalue weighted by atomic mass is 35.5. The molecule has 0 aliphatic carbocycles. The van der Waals surface area contributed by atoms with E-state index in [0.717, 1.165) is 5.82 Å². The number of rotatable bonds is 7. The lowest BCUT2D eigenvalue weighted by atomic mass is 10.3. The van der Waals surface area contributed by atoms with E-state index in [2.05, 4.69) is 14.9 Å². The monoisotopic (exact) mass is 503 g/mol. The molecule has 0 amide bonds. The first kappa shape index (κ1) is 24.2. The molecule has 0 N–H and O–H groups in total. The fourth-order valence-corrected chi connectivity index (χ4v) is 4.57. The average Bonchev–Trinajstić information content (AvgIpc) is 2.83. The Labute approximate surface area is 203 Å². The summed E-state index contributed by atoms with van der Waals surface area (Å²) in [5, 5.41) is 0.0565. The Morgan fingerprint density at radius 2 is 1.82 bits per heavy atom. The number of hydrogen-bond acceptors (Lipinski definition) is 8. The van der Waals surface area contributed by atoms with E-state index >= 15 is 0 Å². The van der Waals surface area contributed by atoms with Crippen LogP contribution in [0.5, 0.6) is 5.75 Å². The number of piperazine rings is 1. The molecule has 1 aliphatic heterocycles. The second-order valence-corrected chi connectivity index (χ2v) is 10.9. The third-order valence-corrected chi connectivity index (χ3v) is 7.61. The van der Waals surface area contributed by atoms with E-state index in [1.807, 2.05) is 17.0 Å². The molecule has 3 aromatic heterocycles. The standard InChI is InChI=1S/C23H26ClN5O4S/c1-17(34(2,31)32)27-9-11-28(12-10-27)22-6-5-20(15-26-22)29-8-7-21(13-23(29)30)33-16-19-4-3-18(24)14-25-19/h3-8,13-15,17H,9-12,16H2,1-2H3. The van der Waals surface area contributed by atoms with Gasteiger partial charge < -0.3 is 9.64 Å². The Morgan fingerprint density at radius 1 is 1.06 bits per heavy atom. The summed E-state index contributed by atoms with van der Waals surface area (Å²) in [7, 11) is -3.11.